The van der Waals surface area contributed by atoms with E-state index in [1.54, 1.807) is 0 Å². The summed E-state index contributed by atoms with van der Waals surface area (Å²) in [5, 5.41) is 0. The highest BCUT2D eigenvalue weighted by atomic mass is 19.4. The molecule has 0 spiro atoms. The molecule has 0 atom stereocenters. The van der Waals surface area contributed by atoms with Gasteiger partial charge in [-0.1, -0.05) is 0 Å². The number of methoxy groups -OCH3 is 1. The smallest absolute Gasteiger partial charge is 0.422 e. The van der Waals surface area contributed by atoms with E-state index in [9.17, 15) is 18.0 Å². The Morgan fingerprint density at radius 3 is 2.63 bits per heavy atom. The molecule has 0 aliphatic heterocycles. The van der Waals surface area contributed by atoms with Crippen LogP contribution in [0.5, 0.6) is 5.88 Å². The summed E-state index contributed by atoms with van der Waals surface area (Å²) in [4.78, 5) is 15.4. The Hall–Kier alpha value is -1.79. The van der Waals surface area contributed by atoms with Crippen molar-refractivity contribution in [3.63, 3.8) is 0 Å². The summed E-state index contributed by atoms with van der Waals surface area (Å²) >= 11 is 0. The Morgan fingerprint density at radius 2 is 2.11 bits per heavy atom. The van der Waals surface area contributed by atoms with Crippen molar-refractivity contribution >= 4 is 5.97 Å². The lowest BCUT2D eigenvalue weighted by atomic mass is 10.2. The Bertz CT molecular complexity index is 484. The number of hydrogen-bond donors (Lipinski definition) is 0. The molecule has 0 radical (unpaired) electrons. The fraction of sp³-hybridized carbons (Fsp3) is 0.500. The number of esters is 1. The predicted octanol–water partition coefficient (Wildman–Crippen LogP) is 2.69. The number of halogens is 3. The number of nitrogens with zero attached hydrogens (tertiary/aromatic N) is 1. The van der Waals surface area contributed by atoms with E-state index in [0.717, 1.165) is 18.9 Å². The predicted molar refractivity (Wildman–Crippen MR) is 59.1 cm³/mol. The lowest BCUT2D eigenvalue weighted by Gasteiger charge is -2.10. The van der Waals surface area contributed by atoms with Gasteiger partial charge >= 0.3 is 12.1 Å². The molecule has 1 aromatic rings. The molecule has 1 aliphatic carbocycles. The number of pyridine rings is 1. The van der Waals surface area contributed by atoms with Gasteiger partial charge in [-0.05, 0) is 18.9 Å². The average molecular weight is 275 g/mol. The van der Waals surface area contributed by atoms with Gasteiger partial charge in [-0.2, -0.15) is 13.2 Å². The summed E-state index contributed by atoms with van der Waals surface area (Å²) in [5.74, 6) is -0.638. The first kappa shape index (κ1) is 13.6. The number of alkyl halides is 3. The van der Waals surface area contributed by atoms with E-state index in [4.69, 9.17) is 0 Å². The van der Waals surface area contributed by atoms with E-state index >= 15 is 0 Å². The minimum Gasteiger partial charge on any atom is -0.468 e. The fourth-order valence-electron chi connectivity index (χ4n) is 1.58. The van der Waals surface area contributed by atoms with Crippen molar-refractivity contribution in [2.75, 3.05) is 13.7 Å². The van der Waals surface area contributed by atoms with Crippen LogP contribution in [-0.2, 0) is 4.74 Å². The van der Waals surface area contributed by atoms with Crippen molar-refractivity contribution in [3.8, 4) is 5.88 Å². The van der Waals surface area contributed by atoms with Crippen LogP contribution in [0, 0.1) is 0 Å². The molecular formula is C12H12F3NO3. The Balaban J connectivity index is 2.21. The van der Waals surface area contributed by atoms with Gasteiger partial charge in [-0.15, -0.1) is 0 Å². The molecule has 0 unspecified atom stereocenters. The summed E-state index contributed by atoms with van der Waals surface area (Å²) in [7, 11) is 1.20. The maximum absolute atomic E-state index is 12.1. The summed E-state index contributed by atoms with van der Waals surface area (Å²) < 4.78 is 45.4. The molecule has 104 valence electrons. The Morgan fingerprint density at radius 1 is 1.42 bits per heavy atom. The fourth-order valence-corrected chi connectivity index (χ4v) is 1.58. The number of carbonyl (C=O) groups is 1. The summed E-state index contributed by atoms with van der Waals surface area (Å²) in [5.41, 5.74) is 0.719. The van der Waals surface area contributed by atoms with Crippen molar-refractivity contribution < 1.29 is 27.4 Å². The summed E-state index contributed by atoms with van der Waals surface area (Å²) in [6.07, 6.45) is -2.62. The van der Waals surface area contributed by atoms with E-state index < -0.39 is 18.8 Å². The highest BCUT2D eigenvalue weighted by Crippen LogP contribution is 2.40. The van der Waals surface area contributed by atoms with Crippen LogP contribution < -0.4 is 4.74 Å². The summed E-state index contributed by atoms with van der Waals surface area (Å²) in [6.45, 7) is -1.44. The van der Waals surface area contributed by atoms with Gasteiger partial charge in [0.1, 0.15) is 0 Å². The SMILES string of the molecule is COC(=O)c1cc(OCC(F)(F)F)nc(C2CC2)c1. The second-order valence-electron chi connectivity index (χ2n) is 4.29. The van der Waals surface area contributed by atoms with E-state index in [1.807, 2.05) is 0 Å². The Kier molecular flexibility index (Phi) is 3.64. The van der Waals surface area contributed by atoms with Crippen LogP contribution in [0.15, 0.2) is 12.1 Å². The normalized spacial score (nSPS) is 15.2. The molecule has 1 heterocycles. The number of ether oxygens (including phenoxy) is 2. The molecule has 2 rings (SSSR count). The van der Waals surface area contributed by atoms with Crippen LogP contribution in [0.2, 0.25) is 0 Å². The number of hydrogen-bond acceptors (Lipinski definition) is 4. The van der Waals surface area contributed by atoms with Crippen LogP contribution in [0.4, 0.5) is 13.2 Å². The summed E-state index contributed by atoms with van der Waals surface area (Å²) in [6, 6.07) is 2.69. The van der Waals surface area contributed by atoms with E-state index in [0.29, 0.717) is 5.69 Å². The van der Waals surface area contributed by atoms with Gasteiger partial charge in [-0.25, -0.2) is 9.78 Å². The van der Waals surface area contributed by atoms with Crippen molar-refractivity contribution in [3.05, 3.63) is 23.4 Å². The molecule has 19 heavy (non-hydrogen) atoms. The van der Waals surface area contributed by atoms with Crippen molar-refractivity contribution in [2.45, 2.75) is 24.9 Å². The third-order valence-corrected chi connectivity index (χ3v) is 2.62. The maximum Gasteiger partial charge on any atom is 0.422 e. The van der Waals surface area contributed by atoms with E-state index in [-0.39, 0.29) is 17.4 Å². The minimum atomic E-state index is -4.44. The van der Waals surface area contributed by atoms with Gasteiger partial charge in [0.2, 0.25) is 5.88 Å². The van der Waals surface area contributed by atoms with E-state index in [1.165, 1.54) is 13.2 Å². The average Bonchev–Trinajstić information content (AvgIpc) is 3.18. The molecule has 0 saturated heterocycles. The third kappa shape index (κ3) is 3.84. The zero-order valence-corrected chi connectivity index (χ0v) is 10.2. The molecular weight excluding hydrogens is 263 g/mol. The highest BCUT2D eigenvalue weighted by Gasteiger charge is 2.30. The van der Waals surface area contributed by atoms with Crippen molar-refractivity contribution in [1.29, 1.82) is 0 Å². The number of carbonyl (C=O) groups excluding carboxylic acids is 1. The van der Waals surface area contributed by atoms with Gasteiger partial charge in [0, 0.05) is 17.7 Å². The first-order valence-electron chi connectivity index (χ1n) is 5.69. The molecule has 0 bridgehead atoms. The lowest BCUT2D eigenvalue weighted by molar-refractivity contribution is -0.154. The molecule has 0 aromatic carbocycles. The van der Waals surface area contributed by atoms with Gasteiger partial charge in [-0.3, -0.25) is 0 Å². The third-order valence-electron chi connectivity index (χ3n) is 2.62. The van der Waals surface area contributed by atoms with Crippen LogP contribution in [0.3, 0.4) is 0 Å². The molecule has 4 nitrogen and oxygen atoms in total. The Labute approximate surface area is 107 Å². The monoisotopic (exact) mass is 275 g/mol. The van der Waals surface area contributed by atoms with Gasteiger partial charge < -0.3 is 9.47 Å². The number of aromatic nitrogens is 1. The van der Waals surface area contributed by atoms with Crippen LogP contribution >= 0.6 is 0 Å². The highest BCUT2D eigenvalue weighted by molar-refractivity contribution is 5.89. The van der Waals surface area contributed by atoms with Crippen molar-refractivity contribution in [1.82, 2.24) is 4.98 Å². The van der Waals surface area contributed by atoms with E-state index in [2.05, 4.69) is 14.5 Å². The van der Waals surface area contributed by atoms with Crippen LogP contribution in [0.1, 0.15) is 34.8 Å². The number of rotatable bonds is 4. The second-order valence-corrected chi connectivity index (χ2v) is 4.29. The topological polar surface area (TPSA) is 48.4 Å². The standard InChI is InChI=1S/C12H12F3NO3/c1-18-11(17)8-4-9(7-2-3-7)16-10(5-8)19-6-12(13,14)15/h4-5,7H,2-3,6H2,1H3. The first-order valence-corrected chi connectivity index (χ1v) is 5.69. The first-order chi connectivity index (χ1) is 8.89. The zero-order valence-electron chi connectivity index (χ0n) is 10.2. The van der Waals surface area contributed by atoms with Gasteiger partial charge in [0.05, 0.1) is 12.7 Å². The molecule has 1 aliphatic rings. The molecule has 1 saturated carbocycles. The molecule has 1 aromatic heterocycles. The lowest BCUT2D eigenvalue weighted by Crippen LogP contribution is -2.20. The molecule has 0 amide bonds. The second kappa shape index (κ2) is 5.07. The molecule has 1 fully saturated rings. The van der Waals surface area contributed by atoms with Gasteiger partial charge in [0.25, 0.3) is 0 Å². The van der Waals surface area contributed by atoms with Gasteiger partial charge in [0.15, 0.2) is 6.61 Å². The quantitative estimate of drug-likeness (QED) is 0.793. The minimum absolute atomic E-state index is 0.150. The zero-order chi connectivity index (χ0) is 14.0. The molecule has 7 heteroatoms. The molecule has 0 N–H and O–H groups in total. The van der Waals surface area contributed by atoms with Crippen LogP contribution in [0.25, 0.3) is 0 Å². The van der Waals surface area contributed by atoms with Crippen molar-refractivity contribution in [2.24, 2.45) is 0 Å². The largest absolute Gasteiger partial charge is 0.468 e. The maximum atomic E-state index is 12.1. The van der Waals surface area contributed by atoms with Crippen LogP contribution in [-0.4, -0.2) is 30.8 Å².